The fraction of sp³-hybridized carbons (Fsp3) is 0.300. The SMILES string of the molecule is CC[C@H](NC(=O)c1cncc2c1cnn2-c1ccc(F)cc1)C1CCN(C(=O)OCc2ccccc2)C(C=O)C1. The highest BCUT2D eigenvalue weighted by Crippen LogP contribution is 2.28. The first-order valence-corrected chi connectivity index (χ1v) is 13.3. The van der Waals surface area contributed by atoms with Gasteiger partial charge in [-0.05, 0) is 55.0 Å². The Balaban J connectivity index is 1.25. The summed E-state index contributed by atoms with van der Waals surface area (Å²) in [5.74, 6) is -0.650. The minimum Gasteiger partial charge on any atom is -0.445 e. The van der Waals surface area contributed by atoms with E-state index in [4.69, 9.17) is 4.74 Å². The van der Waals surface area contributed by atoms with E-state index in [2.05, 4.69) is 15.4 Å². The van der Waals surface area contributed by atoms with Gasteiger partial charge in [-0.2, -0.15) is 5.10 Å². The van der Waals surface area contributed by atoms with Crippen LogP contribution in [0.5, 0.6) is 0 Å². The smallest absolute Gasteiger partial charge is 0.410 e. The molecule has 0 bridgehead atoms. The third kappa shape index (κ3) is 5.70. The normalized spacial score (nSPS) is 17.8. The van der Waals surface area contributed by atoms with Crippen molar-refractivity contribution in [3.05, 3.63) is 90.1 Å². The molecule has 1 fully saturated rings. The number of nitrogens with one attached hydrogen (secondary N) is 1. The molecule has 0 radical (unpaired) electrons. The summed E-state index contributed by atoms with van der Waals surface area (Å²) >= 11 is 0. The highest BCUT2D eigenvalue weighted by Gasteiger charge is 2.36. The lowest BCUT2D eigenvalue weighted by Crippen LogP contribution is -2.51. The second-order valence-corrected chi connectivity index (χ2v) is 9.86. The molecule has 0 spiro atoms. The first kappa shape index (κ1) is 27.0. The number of nitrogens with zero attached hydrogens (tertiary/aromatic N) is 4. The number of hydrogen-bond acceptors (Lipinski definition) is 6. The Morgan fingerprint density at radius 2 is 1.90 bits per heavy atom. The van der Waals surface area contributed by atoms with Crippen LogP contribution in [-0.4, -0.2) is 56.6 Å². The number of fused-ring (bicyclic) bond motifs is 1. The van der Waals surface area contributed by atoms with Crippen LogP contribution in [-0.2, 0) is 16.1 Å². The number of aromatic nitrogens is 3. The highest BCUT2D eigenvalue weighted by molar-refractivity contribution is 6.06. The number of pyridine rings is 1. The number of likely N-dealkylation sites (tertiary alicyclic amines) is 1. The molecule has 4 aromatic rings. The van der Waals surface area contributed by atoms with Crippen molar-refractivity contribution < 1.29 is 23.5 Å². The van der Waals surface area contributed by atoms with E-state index in [1.54, 1.807) is 29.2 Å². The summed E-state index contributed by atoms with van der Waals surface area (Å²) in [5, 5.41) is 8.13. The second kappa shape index (κ2) is 12.1. The van der Waals surface area contributed by atoms with Crippen LogP contribution in [0.3, 0.4) is 0 Å². The molecule has 1 saturated heterocycles. The van der Waals surface area contributed by atoms with Gasteiger partial charge in [-0.3, -0.25) is 14.7 Å². The maximum Gasteiger partial charge on any atom is 0.410 e. The highest BCUT2D eigenvalue weighted by atomic mass is 19.1. The molecule has 2 unspecified atom stereocenters. The molecule has 3 atom stereocenters. The van der Waals surface area contributed by atoms with Crippen molar-refractivity contribution in [2.24, 2.45) is 5.92 Å². The molecule has 2 aromatic carbocycles. The van der Waals surface area contributed by atoms with Crippen molar-refractivity contribution in [2.45, 2.75) is 44.9 Å². The second-order valence-electron chi connectivity index (χ2n) is 9.86. The predicted octanol–water partition coefficient (Wildman–Crippen LogP) is 4.68. The molecule has 206 valence electrons. The van der Waals surface area contributed by atoms with Crippen molar-refractivity contribution in [1.29, 1.82) is 0 Å². The molecule has 10 heteroatoms. The number of rotatable bonds is 8. The van der Waals surface area contributed by atoms with Gasteiger partial charge in [-0.15, -0.1) is 0 Å². The van der Waals surface area contributed by atoms with Crippen LogP contribution in [0.2, 0.25) is 0 Å². The van der Waals surface area contributed by atoms with Gasteiger partial charge in [0.25, 0.3) is 5.91 Å². The standard InChI is InChI=1S/C30H30FN5O4/c1-2-27(21-12-13-35(24(14-21)18-37)30(39)40-19-20-6-4-3-5-7-20)34-29(38)26-15-32-17-28-25(26)16-33-36(28)23-10-8-22(31)9-11-23/h3-11,15-18,21,24,27H,2,12-14,19H2,1H3,(H,34,38)/t21?,24?,27-/m0/s1. The van der Waals surface area contributed by atoms with E-state index in [0.29, 0.717) is 48.0 Å². The van der Waals surface area contributed by atoms with E-state index >= 15 is 0 Å². The molecule has 2 aromatic heterocycles. The molecule has 1 aliphatic heterocycles. The summed E-state index contributed by atoms with van der Waals surface area (Å²) in [6, 6.07) is 14.4. The largest absolute Gasteiger partial charge is 0.445 e. The lowest BCUT2D eigenvalue weighted by Gasteiger charge is -2.39. The zero-order valence-electron chi connectivity index (χ0n) is 22.1. The van der Waals surface area contributed by atoms with Gasteiger partial charge in [0, 0.05) is 24.2 Å². The first-order valence-electron chi connectivity index (χ1n) is 13.3. The fourth-order valence-electron chi connectivity index (χ4n) is 5.26. The van der Waals surface area contributed by atoms with Crippen molar-refractivity contribution in [3.8, 4) is 5.69 Å². The molecule has 9 nitrogen and oxygen atoms in total. The lowest BCUT2D eigenvalue weighted by atomic mass is 9.84. The predicted molar refractivity (Wildman–Crippen MR) is 146 cm³/mol. The number of ether oxygens (including phenoxy) is 1. The Hall–Kier alpha value is -4.60. The molecule has 5 rings (SSSR count). The zero-order chi connectivity index (χ0) is 28.1. The van der Waals surface area contributed by atoms with Crippen molar-refractivity contribution in [3.63, 3.8) is 0 Å². The quantitative estimate of drug-likeness (QED) is 0.324. The Morgan fingerprint density at radius 1 is 1.12 bits per heavy atom. The van der Waals surface area contributed by atoms with E-state index in [9.17, 15) is 18.8 Å². The zero-order valence-corrected chi connectivity index (χ0v) is 22.1. The van der Waals surface area contributed by atoms with E-state index in [1.807, 2.05) is 37.3 Å². The van der Waals surface area contributed by atoms with Gasteiger partial charge in [-0.1, -0.05) is 37.3 Å². The third-order valence-electron chi connectivity index (χ3n) is 7.42. The number of aldehydes is 1. The number of amides is 2. The van der Waals surface area contributed by atoms with Crippen LogP contribution in [0.15, 0.2) is 73.2 Å². The Bertz CT molecular complexity index is 1490. The van der Waals surface area contributed by atoms with Crippen molar-refractivity contribution in [1.82, 2.24) is 25.0 Å². The monoisotopic (exact) mass is 543 g/mol. The fourth-order valence-corrected chi connectivity index (χ4v) is 5.26. The van der Waals surface area contributed by atoms with Crippen LogP contribution in [0, 0.1) is 11.7 Å². The number of piperidine rings is 1. The summed E-state index contributed by atoms with van der Waals surface area (Å²) < 4.78 is 20.4. The molecule has 2 amide bonds. The van der Waals surface area contributed by atoms with Gasteiger partial charge in [0.15, 0.2) is 0 Å². The molecule has 1 N–H and O–H groups in total. The molecular formula is C30H30FN5O4. The number of carbonyl (C=O) groups is 3. The Kier molecular flexibility index (Phi) is 8.14. The first-order chi connectivity index (χ1) is 19.5. The van der Waals surface area contributed by atoms with Gasteiger partial charge >= 0.3 is 6.09 Å². The van der Waals surface area contributed by atoms with Gasteiger partial charge in [0.2, 0.25) is 0 Å². The van der Waals surface area contributed by atoms with Gasteiger partial charge in [0.1, 0.15) is 18.7 Å². The Labute approximate surface area is 231 Å². The summed E-state index contributed by atoms with van der Waals surface area (Å²) in [5.41, 5.74) is 2.51. The maximum absolute atomic E-state index is 13.4. The van der Waals surface area contributed by atoms with Crippen LogP contribution in [0.1, 0.15) is 42.1 Å². The van der Waals surface area contributed by atoms with E-state index in [0.717, 1.165) is 11.8 Å². The Morgan fingerprint density at radius 3 is 2.62 bits per heavy atom. The molecule has 0 aliphatic carbocycles. The van der Waals surface area contributed by atoms with E-state index < -0.39 is 12.1 Å². The molecule has 0 saturated carbocycles. The van der Waals surface area contributed by atoms with Crippen LogP contribution < -0.4 is 5.32 Å². The van der Waals surface area contributed by atoms with Gasteiger partial charge < -0.3 is 14.8 Å². The summed E-state index contributed by atoms with van der Waals surface area (Å²) in [6.45, 7) is 2.47. The lowest BCUT2D eigenvalue weighted by molar-refractivity contribution is -0.113. The topological polar surface area (TPSA) is 106 Å². The summed E-state index contributed by atoms with van der Waals surface area (Å²) in [4.78, 5) is 43.8. The van der Waals surface area contributed by atoms with Gasteiger partial charge in [-0.25, -0.2) is 13.9 Å². The number of carbonyl (C=O) groups excluding carboxylic acids is 3. The third-order valence-corrected chi connectivity index (χ3v) is 7.42. The molecule has 40 heavy (non-hydrogen) atoms. The van der Waals surface area contributed by atoms with Crippen LogP contribution >= 0.6 is 0 Å². The minimum absolute atomic E-state index is 0.00331. The molecule has 3 heterocycles. The van der Waals surface area contributed by atoms with Crippen molar-refractivity contribution in [2.75, 3.05) is 6.54 Å². The minimum atomic E-state index is -0.632. The average Bonchev–Trinajstić information content (AvgIpc) is 3.43. The van der Waals surface area contributed by atoms with Gasteiger partial charge in [0.05, 0.1) is 35.2 Å². The summed E-state index contributed by atoms with van der Waals surface area (Å²) in [7, 11) is 0. The van der Waals surface area contributed by atoms with E-state index in [1.165, 1.54) is 23.2 Å². The van der Waals surface area contributed by atoms with Crippen LogP contribution in [0.25, 0.3) is 16.6 Å². The number of hydrogen-bond donors (Lipinski definition) is 1. The number of halogens is 1. The average molecular weight is 544 g/mol. The number of benzene rings is 2. The van der Waals surface area contributed by atoms with E-state index in [-0.39, 0.29) is 30.3 Å². The molecule has 1 aliphatic rings. The molecular weight excluding hydrogens is 513 g/mol. The van der Waals surface area contributed by atoms with Crippen LogP contribution in [0.4, 0.5) is 9.18 Å². The maximum atomic E-state index is 13.4. The van der Waals surface area contributed by atoms with Crippen molar-refractivity contribution >= 4 is 29.2 Å². The summed E-state index contributed by atoms with van der Waals surface area (Å²) in [6.07, 6.45) is 6.66.